The van der Waals surface area contributed by atoms with Gasteiger partial charge in [-0.3, -0.25) is 0 Å². The number of ether oxygens (including phenoxy) is 2. The molecule has 1 saturated heterocycles. The van der Waals surface area contributed by atoms with E-state index < -0.39 is 0 Å². The molecule has 0 aromatic heterocycles. The Morgan fingerprint density at radius 3 is 3.06 bits per heavy atom. The van der Waals surface area contributed by atoms with Gasteiger partial charge in [0, 0.05) is 17.2 Å². The fraction of sp³-hybridized carbons (Fsp3) is 0.571. The lowest BCUT2D eigenvalue weighted by atomic mass is 9.95. The lowest BCUT2D eigenvalue weighted by Gasteiger charge is -2.17. The topological polar surface area (TPSA) is 18.5 Å². The van der Waals surface area contributed by atoms with Crippen LogP contribution in [0, 0.1) is 5.92 Å². The molecule has 3 unspecified atom stereocenters. The zero-order chi connectivity index (χ0) is 11.8. The molecule has 3 rings (SSSR count). The van der Waals surface area contributed by atoms with E-state index in [1.165, 1.54) is 11.1 Å². The van der Waals surface area contributed by atoms with E-state index in [4.69, 9.17) is 9.47 Å². The van der Waals surface area contributed by atoms with Gasteiger partial charge in [-0.25, -0.2) is 0 Å². The maximum atomic E-state index is 5.65. The minimum Gasteiger partial charge on any atom is -0.493 e. The molecule has 1 aromatic rings. The Morgan fingerprint density at radius 2 is 2.29 bits per heavy atom. The molecular weight excluding hydrogens is 280 g/mol. The van der Waals surface area contributed by atoms with Gasteiger partial charge in [-0.05, 0) is 30.5 Å². The first kappa shape index (κ1) is 11.5. The first-order chi connectivity index (χ1) is 8.24. The molecule has 3 atom stereocenters. The highest BCUT2D eigenvalue weighted by molar-refractivity contribution is 9.09. The summed E-state index contributed by atoms with van der Waals surface area (Å²) in [4.78, 5) is 0.401. The maximum Gasteiger partial charge on any atom is 0.122 e. The summed E-state index contributed by atoms with van der Waals surface area (Å²) in [7, 11) is 0. The van der Waals surface area contributed by atoms with E-state index >= 15 is 0 Å². The van der Waals surface area contributed by atoms with Crippen LogP contribution in [0.25, 0.3) is 0 Å². The summed E-state index contributed by atoms with van der Waals surface area (Å²) in [5, 5.41) is 0. The van der Waals surface area contributed by atoms with Crippen molar-refractivity contribution in [2.45, 2.75) is 30.7 Å². The van der Waals surface area contributed by atoms with Gasteiger partial charge < -0.3 is 9.47 Å². The molecule has 17 heavy (non-hydrogen) atoms. The second-order valence-corrected chi connectivity index (χ2v) is 5.99. The Kier molecular flexibility index (Phi) is 3.14. The number of hydrogen-bond acceptors (Lipinski definition) is 2. The quantitative estimate of drug-likeness (QED) is 0.778. The van der Waals surface area contributed by atoms with Gasteiger partial charge in [0.05, 0.1) is 19.3 Å². The van der Waals surface area contributed by atoms with Crippen molar-refractivity contribution in [1.82, 2.24) is 0 Å². The summed E-state index contributed by atoms with van der Waals surface area (Å²) in [6.07, 6.45) is 2.59. The van der Waals surface area contributed by atoms with Crippen molar-refractivity contribution in [3.8, 4) is 5.75 Å². The molecule has 1 aromatic carbocycles. The molecule has 2 aliphatic rings. The molecule has 1 fully saturated rings. The van der Waals surface area contributed by atoms with Gasteiger partial charge in [-0.1, -0.05) is 28.1 Å². The number of rotatable bonds is 2. The van der Waals surface area contributed by atoms with E-state index in [2.05, 4.69) is 41.1 Å². The zero-order valence-corrected chi connectivity index (χ0v) is 11.6. The highest BCUT2D eigenvalue weighted by Crippen LogP contribution is 2.39. The second-order valence-electron chi connectivity index (χ2n) is 5.01. The van der Waals surface area contributed by atoms with Gasteiger partial charge in [0.1, 0.15) is 5.75 Å². The fourth-order valence-corrected chi connectivity index (χ4v) is 3.36. The van der Waals surface area contributed by atoms with Crippen molar-refractivity contribution in [3.05, 3.63) is 29.3 Å². The van der Waals surface area contributed by atoms with Crippen LogP contribution in [0.2, 0.25) is 0 Å². The van der Waals surface area contributed by atoms with Crippen LogP contribution in [0.1, 0.15) is 29.3 Å². The minimum absolute atomic E-state index is 0.401. The first-order valence-corrected chi connectivity index (χ1v) is 7.17. The maximum absolute atomic E-state index is 5.65. The molecule has 2 aliphatic heterocycles. The van der Waals surface area contributed by atoms with E-state index in [1.807, 2.05) is 0 Å². The number of fused-ring (bicyclic) bond motifs is 1. The Morgan fingerprint density at radius 1 is 1.41 bits per heavy atom. The van der Waals surface area contributed by atoms with Gasteiger partial charge in [0.2, 0.25) is 0 Å². The highest BCUT2D eigenvalue weighted by Gasteiger charge is 2.29. The molecule has 0 amide bonds. The molecule has 3 heteroatoms. The Labute approximate surface area is 110 Å². The lowest BCUT2D eigenvalue weighted by Crippen LogP contribution is -2.07. The predicted octanol–water partition coefficient (Wildman–Crippen LogP) is 3.48. The number of alkyl halides is 1. The second kappa shape index (κ2) is 4.62. The molecule has 2 nitrogen and oxygen atoms in total. The van der Waals surface area contributed by atoms with E-state index in [0.717, 1.165) is 31.8 Å². The fourth-order valence-electron chi connectivity index (χ4n) is 2.70. The van der Waals surface area contributed by atoms with E-state index in [0.29, 0.717) is 16.8 Å². The van der Waals surface area contributed by atoms with Crippen molar-refractivity contribution in [1.29, 1.82) is 0 Å². The number of benzene rings is 1. The lowest BCUT2D eigenvalue weighted by molar-refractivity contribution is 0.120. The summed E-state index contributed by atoms with van der Waals surface area (Å²) in [6, 6.07) is 6.56. The van der Waals surface area contributed by atoms with Crippen LogP contribution in [0.5, 0.6) is 5.75 Å². The average Bonchev–Trinajstić information content (AvgIpc) is 2.95. The third kappa shape index (κ3) is 2.23. The highest BCUT2D eigenvalue weighted by atomic mass is 79.9. The molecule has 0 aliphatic carbocycles. The third-order valence-corrected chi connectivity index (χ3v) is 4.95. The Balaban J connectivity index is 1.79. The monoisotopic (exact) mass is 296 g/mol. The van der Waals surface area contributed by atoms with E-state index in [-0.39, 0.29) is 0 Å². The summed E-state index contributed by atoms with van der Waals surface area (Å²) in [5.74, 6) is 1.65. The van der Waals surface area contributed by atoms with Crippen LogP contribution < -0.4 is 4.74 Å². The number of hydrogen-bond donors (Lipinski definition) is 0. The van der Waals surface area contributed by atoms with Gasteiger partial charge in [-0.15, -0.1) is 0 Å². The predicted molar refractivity (Wildman–Crippen MR) is 70.8 cm³/mol. The summed E-state index contributed by atoms with van der Waals surface area (Å²) in [6.45, 7) is 3.84. The van der Waals surface area contributed by atoms with Crippen molar-refractivity contribution < 1.29 is 9.47 Å². The van der Waals surface area contributed by atoms with Gasteiger partial charge >= 0.3 is 0 Å². The van der Waals surface area contributed by atoms with Crippen molar-refractivity contribution >= 4 is 15.9 Å². The Hall–Kier alpha value is -0.540. The summed E-state index contributed by atoms with van der Waals surface area (Å²) >= 11 is 3.83. The summed E-state index contributed by atoms with van der Waals surface area (Å²) < 4.78 is 11.2. The van der Waals surface area contributed by atoms with Crippen molar-refractivity contribution in [2.75, 3.05) is 13.2 Å². The van der Waals surface area contributed by atoms with Gasteiger partial charge in [-0.2, -0.15) is 0 Å². The average molecular weight is 297 g/mol. The van der Waals surface area contributed by atoms with Crippen LogP contribution in [0.15, 0.2) is 18.2 Å². The molecule has 0 saturated carbocycles. The van der Waals surface area contributed by atoms with Crippen LogP contribution in [0.4, 0.5) is 0 Å². The first-order valence-electron chi connectivity index (χ1n) is 6.25. The molecule has 2 heterocycles. The summed E-state index contributed by atoms with van der Waals surface area (Å²) in [5.41, 5.74) is 2.70. The molecule has 0 bridgehead atoms. The minimum atomic E-state index is 0.401. The third-order valence-electron chi connectivity index (χ3n) is 3.68. The van der Waals surface area contributed by atoms with Gasteiger partial charge in [0.15, 0.2) is 0 Å². The largest absolute Gasteiger partial charge is 0.493 e. The zero-order valence-electron chi connectivity index (χ0n) is 9.99. The van der Waals surface area contributed by atoms with Crippen LogP contribution in [-0.2, 0) is 11.2 Å². The van der Waals surface area contributed by atoms with Crippen LogP contribution in [0.3, 0.4) is 0 Å². The van der Waals surface area contributed by atoms with Crippen LogP contribution >= 0.6 is 15.9 Å². The van der Waals surface area contributed by atoms with Crippen molar-refractivity contribution in [3.63, 3.8) is 0 Å². The molecule has 0 N–H and O–H groups in total. The SMILES string of the molecule is CC1CC(C(Br)c2ccc3c(c2)CCO3)CO1. The van der Waals surface area contributed by atoms with E-state index in [9.17, 15) is 0 Å². The van der Waals surface area contributed by atoms with E-state index in [1.54, 1.807) is 0 Å². The normalized spacial score (nSPS) is 28.8. The standard InChI is InChI=1S/C14H17BrO2/c1-9-6-12(8-17-9)14(15)11-2-3-13-10(7-11)4-5-16-13/h2-3,7,9,12,14H,4-6,8H2,1H3. The number of halogens is 1. The molecular formula is C14H17BrO2. The molecule has 0 radical (unpaired) electrons. The molecule has 92 valence electrons. The van der Waals surface area contributed by atoms with Gasteiger partial charge in [0.25, 0.3) is 0 Å². The van der Waals surface area contributed by atoms with Crippen molar-refractivity contribution in [2.24, 2.45) is 5.92 Å². The molecule has 0 spiro atoms. The van der Waals surface area contributed by atoms with Crippen LogP contribution in [-0.4, -0.2) is 19.3 Å². The Bertz CT molecular complexity index is 419. The smallest absolute Gasteiger partial charge is 0.122 e.